The van der Waals surface area contributed by atoms with E-state index in [4.69, 9.17) is 9.72 Å². The zero-order valence-corrected chi connectivity index (χ0v) is 18.3. The van der Waals surface area contributed by atoms with Crippen molar-refractivity contribution in [2.45, 2.75) is 24.4 Å². The largest absolute Gasteiger partial charge is 0.497 e. The number of aryl methyl sites for hydroxylation is 1. The smallest absolute Gasteiger partial charge is 0.211 e. The summed E-state index contributed by atoms with van der Waals surface area (Å²) in [5.41, 5.74) is 6.57. The molecule has 0 radical (unpaired) electrons. The van der Waals surface area contributed by atoms with Gasteiger partial charge in [0.25, 0.3) is 0 Å². The molecule has 0 aliphatic heterocycles. The Morgan fingerprint density at radius 1 is 0.903 bits per heavy atom. The van der Waals surface area contributed by atoms with Gasteiger partial charge in [-0.1, -0.05) is 66.4 Å². The molecule has 6 heteroatoms. The highest BCUT2D eigenvalue weighted by atomic mass is 32.2. The zero-order valence-electron chi connectivity index (χ0n) is 17.4. The molecular formula is C25H22N4OS. The molecule has 0 bridgehead atoms. The van der Waals surface area contributed by atoms with E-state index in [0.29, 0.717) is 5.16 Å². The number of methoxy groups -OCH3 is 1. The predicted octanol–water partition coefficient (Wildman–Crippen LogP) is 5.64. The standard InChI is InChI=1S/C25H22N4OS/c1-17-7-3-4-8-19(17)15-29-22-10-6-5-9-21(22)23-24(29)26-25(28-27-23)31-16-18-11-13-20(30-2)14-12-18/h3-14H,15-16H2,1-2H3. The highest BCUT2D eigenvalue weighted by Gasteiger charge is 2.15. The Kier molecular flexibility index (Phi) is 5.30. The minimum absolute atomic E-state index is 0.678. The average Bonchev–Trinajstić information content (AvgIpc) is 3.12. The number of ether oxygens (including phenoxy) is 1. The Bertz CT molecular complexity index is 1360. The quantitative estimate of drug-likeness (QED) is 0.329. The molecule has 154 valence electrons. The molecule has 0 unspecified atom stereocenters. The van der Waals surface area contributed by atoms with E-state index in [2.05, 4.69) is 76.3 Å². The maximum atomic E-state index is 5.24. The summed E-state index contributed by atoms with van der Waals surface area (Å²) >= 11 is 1.59. The second-order valence-corrected chi connectivity index (χ2v) is 8.38. The third-order valence-corrected chi connectivity index (χ3v) is 6.38. The minimum Gasteiger partial charge on any atom is -0.497 e. The lowest BCUT2D eigenvalue weighted by Crippen LogP contribution is -2.03. The van der Waals surface area contributed by atoms with Gasteiger partial charge in [-0.05, 0) is 41.8 Å². The highest BCUT2D eigenvalue weighted by molar-refractivity contribution is 7.98. The van der Waals surface area contributed by atoms with Gasteiger partial charge in [-0.3, -0.25) is 0 Å². The summed E-state index contributed by atoms with van der Waals surface area (Å²) in [5, 5.41) is 10.7. The Morgan fingerprint density at radius 3 is 2.48 bits per heavy atom. The van der Waals surface area contributed by atoms with Gasteiger partial charge in [0.2, 0.25) is 5.16 Å². The van der Waals surface area contributed by atoms with Crippen LogP contribution in [0, 0.1) is 6.92 Å². The normalized spacial score (nSPS) is 11.3. The molecule has 3 aromatic carbocycles. The molecule has 5 aromatic rings. The van der Waals surface area contributed by atoms with Crippen molar-refractivity contribution in [3.8, 4) is 5.75 Å². The number of para-hydroxylation sites is 1. The van der Waals surface area contributed by atoms with Gasteiger partial charge >= 0.3 is 0 Å². The molecule has 0 amide bonds. The van der Waals surface area contributed by atoms with Crippen LogP contribution in [-0.2, 0) is 12.3 Å². The summed E-state index contributed by atoms with van der Waals surface area (Å²) in [6.45, 7) is 2.89. The van der Waals surface area contributed by atoms with Crippen molar-refractivity contribution in [2.75, 3.05) is 7.11 Å². The molecule has 2 heterocycles. The first-order chi connectivity index (χ1) is 15.2. The van der Waals surface area contributed by atoms with Crippen LogP contribution < -0.4 is 4.74 Å². The van der Waals surface area contributed by atoms with E-state index in [1.807, 2.05) is 18.2 Å². The summed E-state index contributed by atoms with van der Waals surface area (Å²) in [6, 6.07) is 24.8. The van der Waals surface area contributed by atoms with Crippen LogP contribution in [0.2, 0.25) is 0 Å². The van der Waals surface area contributed by atoms with Gasteiger partial charge in [-0.15, -0.1) is 10.2 Å². The number of rotatable bonds is 6. The van der Waals surface area contributed by atoms with Gasteiger partial charge in [0, 0.05) is 17.7 Å². The number of hydrogen-bond donors (Lipinski definition) is 0. The summed E-state index contributed by atoms with van der Waals surface area (Å²) < 4.78 is 7.48. The number of benzene rings is 3. The van der Waals surface area contributed by atoms with Gasteiger partial charge in [0.05, 0.1) is 12.6 Å². The van der Waals surface area contributed by atoms with E-state index in [9.17, 15) is 0 Å². The van der Waals surface area contributed by atoms with Crippen LogP contribution in [0.15, 0.2) is 78.0 Å². The third kappa shape index (κ3) is 3.86. The molecule has 5 rings (SSSR count). The first-order valence-corrected chi connectivity index (χ1v) is 11.1. The molecule has 0 N–H and O–H groups in total. The van der Waals surface area contributed by atoms with Crippen LogP contribution >= 0.6 is 11.8 Å². The maximum Gasteiger partial charge on any atom is 0.211 e. The topological polar surface area (TPSA) is 52.8 Å². The minimum atomic E-state index is 0.678. The number of aromatic nitrogens is 4. The Labute approximate surface area is 185 Å². The van der Waals surface area contributed by atoms with E-state index < -0.39 is 0 Å². The van der Waals surface area contributed by atoms with E-state index >= 15 is 0 Å². The molecule has 2 aromatic heterocycles. The van der Waals surface area contributed by atoms with Crippen molar-refractivity contribution in [3.63, 3.8) is 0 Å². The van der Waals surface area contributed by atoms with Crippen LogP contribution in [-0.4, -0.2) is 26.9 Å². The fourth-order valence-electron chi connectivity index (χ4n) is 3.74. The second kappa shape index (κ2) is 8.40. The highest BCUT2D eigenvalue weighted by Crippen LogP contribution is 2.29. The first kappa shape index (κ1) is 19.6. The Morgan fingerprint density at radius 2 is 1.68 bits per heavy atom. The van der Waals surface area contributed by atoms with Gasteiger partial charge in [-0.25, -0.2) is 4.98 Å². The molecule has 0 atom stereocenters. The molecule has 0 aliphatic carbocycles. The summed E-state index contributed by atoms with van der Waals surface area (Å²) in [5.74, 6) is 1.63. The number of nitrogens with zero attached hydrogens (tertiary/aromatic N) is 4. The molecule has 0 fully saturated rings. The molecule has 0 aliphatic rings. The number of fused-ring (bicyclic) bond motifs is 3. The SMILES string of the molecule is COc1ccc(CSc2nnc3c4ccccc4n(Cc4ccccc4C)c3n2)cc1. The van der Waals surface area contributed by atoms with Gasteiger partial charge in [0.15, 0.2) is 5.65 Å². The second-order valence-electron chi connectivity index (χ2n) is 7.43. The van der Waals surface area contributed by atoms with Crippen molar-refractivity contribution >= 4 is 33.8 Å². The van der Waals surface area contributed by atoms with Crippen molar-refractivity contribution in [1.29, 1.82) is 0 Å². The molecule has 0 spiro atoms. The number of thioether (sulfide) groups is 1. The van der Waals surface area contributed by atoms with Crippen LogP contribution in [0.4, 0.5) is 0 Å². The van der Waals surface area contributed by atoms with E-state index in [1.165, 1.54) is 16.7 Å². The fraction of sp³-hybridized carbons (Fsp3) is 0.160. The maximum absolute atomic E-state index is 5.24. The fourth-order valence-corrected chi connectivity index (χ4v) is 4.48. The van der Waals surface area contributed by atoms with Gasteiger partial charge < -0.3 is 9.30 Å². The monoisotopic (exact) mass is 426 g/mol. The molecular weight excluding hydrogens is 404 g/mol. The lowest BCUT2D eigenvalue weighted by Gasteiger charge is -2.09. The number of hydrogen-bond acceptors (Lipinski definition) is 5. The van der Waals surface area contributed by atoms with Crippen molar-refractivity contribution in [1.82, 2.24) is 19.7 Å². The molecule has 0 saturated carbocycles. The summed E-state index contributed by atoms with van der Waals surface area (Å²) in [4.78, 5) is 4.91. The lowest BCUT2D eigenvalue weighted by atomic mass is 10.1. The van der Waals surface area contributed by atoms with Crippen LogP contribution in [0.25, 0.3) is 22.1 Å². The van der Waals surface area contributed by atoms with E-state index in [1.54, 1.807) is 18.9 Å². The van der Waals surface area contributed by atoms with Crippen LogP contribution in [0.3, 0.4) is 0 Å². The Hall–Kier alpha value is -3.38. The van der Waals surface area contributed by atoms with Gasteiger partial charge in [-0.2, -0.15) is 0 Å². The average molecular weight is 427 g/mol. The van der Waals surface area contributed by atoms with E-state index in [0.717, 1.165) is 40.1 Å². The predicted molar refractivity (Wildman–Crippen MR) is 126 cm³/mol. The van der Waals surface area contributed by atoms with Crippen LogP contribution in [0.5, 0.6) is 5.75 Å². The lowest BCUT2D eigenvalue weighted by molar-refractivity contribution is 0.414. The van der Waals surface area contributed by atoms with Crippen molar-refractivity contribution < 1.29 is 4.74 Å². The van der Waals surface area contributed by atoms with Crippen LogP contribution in [0.1, 0.15) is 16.7 Å². The van der Waals surface area contributed by atoms with Crippen molar-refractivity contribution in [3.05, 3.63) is 89.5 Å². The summed E-state index contributed by atoms with van der Waals surface area (Å²) in [6.07, 6.45) is 0. The first-order valence-electron chi connectivity index (χ1n) is 10.1. The summed E-state index contributed by atoms with van der Waals surface area (Å²) in [7, 11) is 1.68. The molecule has 31 heavy (non-hydrogen) atoms. The molecule has 5 nitrogen and oxygen atoms in total. The van der Waals surface area contributed by atoms with Crippen molar-refractivity contribution in [2.24, 2.45) is 0 Å². The molecule has 0 saturated heterocycles. The third-order valence-electron chi connectivity index (χ3n) is 5.47. The van der Waals surface area contributed by atoms with Gasteiger partial charge in [0.1, 0.15) is 11.3 Å². The van der Waals surface area contributed by atoms with E-state index in [-0.39, 0.29) is 0 Å². The zero-order chi connectivity index (χ0) is 21.2. The Balaban J connectivity index is 1.52.